The molecule has 11 aromatic carbocycles. The second-order valence-corrected chi connectivity index (χ2v) is 23.4. The lowest BCUT2D eigenvalue weighted by atomic mass is 9.62. The zero-order valence-corrected chi connectivity index (χ0v) is 42.0. The van der Waals surface area contributed by atoms with Crippen molar-refractivity contribution in [1.29, 1.82) is 0 Å². The van der Waals surface area contributed by atoms with E-state index in [1.807, 2.05) is 18.2 Å². The number of anilines is 3. The van der Waals surface area contributed by atoms with Crippen molar-refractivity contribution in [2.45, 2.75) is 24.7 Å². The lowest BCUT2D eigenvalue weighted by molar-refractivity contribution is 0.590. The smallest absolute Gasteiger partial charge is 0.171 e. The van der Waals surface area contributed by atoms with Gasteiger partial charge in [-0.3, -0.25) is 0 Å². The molecule has 3 heterocycles. The lowest BCUT2D eigenvalue weighted by Crippen LogP contribution is -2.48. The van der Waals surface area contributed by atoms with Gasteiger partial charge < -0.3 is 14.0 Å². The molecule has 2 aliphatic heterocycles. The van der Waals surface area contributed by atoms with E-state index in [1.54, 1.807) is 0 Å². The van der Waals surface area contributed by atoms with Gasteiger partial charge in [0.05, 0.1) is 27.8 Å². The molecule has 2 unspecified atom stereocenters. The predicted molar refractivity (Wildman–Crippen MR) is 309 cm³/mol. The highest BCUT2D eigenvalue weighted by atomic mass is 31.2. The Bertz CT molecular complexity index is 4330. The summed E-state index contributed by atoms with van der Waals surface area (Å²) in [7, 11) is -3.61. The molecule has 74 heavy (non-hydrogen) atoms. The Balaban J connectivity index is 1.06. The summed E-state index contributed by atoms with van der Waals surface area (Å²) in [4.78, 5) is 2.44. The first-order valence-electron chi connectivity index (χ1n) is 25.7. The van der Waals surface area contributed by atoms with Crippen molar-refractivity contribution in [3.8, 4) is 39.1 Å². The van der Waals surface area contributed by atoms with E-state index < -0.39 is 12.6 Å². The number of rotatable bonds is 6. The molecule has 1 aliphatic carbocycles. The number of hydrogen-bond acceptors (Lipinski definition) is 2. The SMILES string of the molecule is CC1(C)c2ccccc2-c2ccc(N(c3ccc4c(c3)P(=O)(c3ccccc3)c3ccccc3C43c4ccccc4-n4c5ccccc5c5cccc3c54)c3ccc(-c4ccccc4)cc3-c3ccccc3)cc21. The van der Waals surface area contributed by atoms with Crippen LogP contribution in [0.25, 0.3) is 60.9 Å². The van der Waals surface area contributed by atoms with Crippen molar-refractivity contribution in [1.82, 2.24) is 4.57 Å². The number of benzene rings is 11. The number of fused-ring (bicyclic) bond motifs is 14. The molecule has 0 fully saturated rings. The van der Waals surface area contributed by atoms with Crippen LogP contribution in [-0.2, 0) is 15.4 Å². The molecule has 1 aromatic heterocycles. The van der Waals surface area contributed by atoms with Crippen LogP contribution >= 0.6 is 7.14 Å². The third kappa shape index (κ3) is 5.76. The molecule has 4 heteroatoms. The summed E-state index contributed by atoms with van der Waals surface area (Å²) in [6, 6.07) is 94.6. The van der Waals surface area contributed by atoms with Gasteiger partial charge in [0, 0.05) is 49.0 Å². The number of para-hydroxylation sites is 3. The van der Waals surface area contributed by atoms with Crippen LogP contribution in [0, 0.1) is 0 Å². The Morgan fingerprint density at radius 3 is 1.80 bits per heavy atom. The van der Waals surface area contributed by atoms with Crippen LogP contribution in [0.3, 0.4) is 0 Å². The van der Waals surface area contributed by atoms with E-state index in [1.165, 1.54) is 55.2 Å². The summed E-state index contributed by atoms with van der Waals surface area (Å²) in [6.45, 7) is 4.70. The van der Waals surface area contributed by atoms with Crippen LogP contribution in [0.15, 0.2) is 261 Å². The summed E-state index contributed by atoms with van der Waals surface area (Å²) in [5.74, 6) is 0. The fraction of sp³-hybridized carbons (Fsp3) is 0.0571. The summed E-state index contributed by atoms with van der Waals surface area (Å²) in [6.07, 6.45) is 0. The van der Waals surface area contributed by atoms with Gasteiger partial charge in [-0.2, -0.15) is 0 Å². The van der Waals surface area contributed by atoms with E-state index in [9.17, 15) is 0 Å². The highest BCUT2D eigenvalue weighted by Gasteiger charge is 2.54. The van der Waals surface area contributed by atoms with Crippen molar-refractivity contribution in [2.75, 3.05) is 4.90 Å². The van der Waals surface area contributed by atoms with E-state index in [4.69, 9.17) is 0 Å². The lowest BCUT2D eigenvalue weighted by Gasteiger charge is -2.47. The number of aromatic nitrogens is 1. The maximum Gasteiger partial charge on any atom is 0.171 e. The Hall–Kier alpha value is -8.75. The van der Waals surface area contributed by atoms with Gasteiger partial charge in [-0.05, 0) is 110 Å². The number of hydrogen-bond donors (Lipinski definition) is 0. The Morgan fingerprint density at radius 1 is 0.392 bits per heavy atom. The fourth-order valence-corrected chi connectivity index (χ4v) is 16.6. The van der Waals surface area contributed by atoms with Crippen LogP contribution < -0.4 is 20.8 Å². The molecule has 0 bridgehead atoms. The molecule has 0 radical (unpaired) electrons. The molecule has 350 valence electrons. The Kier molecular flexibility index (Phi) is 9.20. The largest absolute Gasteiger partial charge is 0.310 e. The monoisotopic (exact) mass is 964 g/mol. The van der Waals surface area contributed by atoms with Gasteiger partial charge >= 0.3 is 0 Å². The summed E-state index contributed by atoms with van der Waals surface area (Å²) >= 11 is 0. The summed E-state index contributed by atoms with van der Waals surface area (Å²) in [5.41, 5.74) is 19.5. The van der Waals surface area contributed by atoms with Crippen molar-refractivity contribution in [3.05, 3.63) is 294 Å². The zero-order valence-electron chi connectivity index (χ0n) is 41.1. The predicted octanol–water partition coefficient (Wildman–Crippen LogP) is 16.5. The molecule has 0 saturated heterocycles. The molecule has 3 nitrogen and oxygen atoms in total. The molecule has 0 saturated carbocycles. The first-order chi connectivity index (χ1) is 36.4. The van der Waals surface area contributed by atoms with Crippen molar-refractivity contribution < 1.29 is 4.57 Å². The van der Waals surface area contributed by atoms with E-state index in [2.05, 4.69) is 266 Å². The van der Waals surface area contributed by atoms with E-state index >= 15 is 4.57 Å². The molecule has 15 rings (SSSR count). The van der Waals surface area contributed by atoms with E-state index in [-0.39, 0.29) is 5.41 Å². The zero-order chi connectivity index (χ0) is 49.3. The van der Waals surface area contributed by atoms with E-state index in [0.29, 0.717) is 0 Å². The Morgan fingerprint density at radius 2 is 0.986 bits per heavy atom. The second-order valence-electron chi connectivity index (χ2n) is 20.7. The first-order valence-corrected chi connectivity index (χ1v) is 27.4. The van der Waals surface area contributed by atoms with Gasteiger partial charge in [0.15, 0.2) is 7.14 Å². The van der Waals surface area contributed by atoms with Crippen LogP contribution in [0.1, 0.15) is 47.2 Å². The maximum absolute atomic E-state index is 17.5. The quantitative estimate of drug-likeness (QED) is 0.155. The minimum Gasteiger partial charge on any atom is -0.310 e. The molecule has 1 spiro atoms. The van der Waals surface area contributed by atoms with Crippen molar-refractivity contribution in [2.24, 2.45) is 0 Å². The Labute approximate surface area is 431 Å². The molecular formula is C70H49N2OP. The van der Waals surface area contributed by atoms with Gasteiger partial charge in [0.1, 0.15) is 0 Å². The molecule has 0 amide bonds. The van der Waals surface area contributed by atoms with E-state index in [0.717, 1.165) is 72.0 Å². The molecular weight excluding hydrogens is 916 g/mol. The molecule has 12 aromatic rings. The topological polar surface area (TPSA) is 25.2 Å². The van der Waals surface area contributed by atoms with Gasteiger partial charge in [-0.15, -0.1) is 0 Å². The van der Waals surface area contributed by atoms with Crippen molar-refractivity contribution in [3.63, 3.8) is 0 Å². The minimum atomic E-state index is -3.61. The summed E-state index contributed by atoms with van der Waals surface area (Å²) < 4.78 is 20.0. The summed E-state index contributed by atoms with van der Waals surface area (Å²) in [5, 5.41) is 4.96. The highest BCUT2D eigenvalue weighted by molar-refractivity contribution is 7.85. The maximum atomic E-state index is 17.5. The highest BCUT2D eigenvalue weighted by Crippen LogP contribution is 2.62. The van der Waals surface area contributed by atoms with Gasteiger partial charge in [0.25, 0.3) is 0 Å². The van der Waals surface area contributed by atoms with Crippen LogP contribution in [-0.4, -0.2) is 4.57 Å². The molecule has 3 aliphatic rings. The normalized spacial score (nSPS) is 17.3. The van der Waals surface area contributed by atoms with Crippen LogP contribution in [0.4, 0.5) is 17.1 Å². The second kappa shape index (κ2) is 15.9. The average Bonchev–Trinajstić information content (AvgIpc) is 4.01. The van der Waals surface area contributed by atoms with Crippen LogP contribution in [0.2, 0.25) is 0 Å². The minimum absolute atomic E-state index is 0.236. The van der Waals surface area contributed by atoms with Crippen LogP contribution in [0.5, 0.6) is 0 Å². The van der Waals surface area contributed by atoms with Crippen molar-refractivity contribution >= 4 is 61.9 Å². The fourth-order valence-electron chi connectivity index (χ4n) is 13.4. The van der Waals surface area contributed by atoms with Gasteiger partial charge in [0.2, 0.25) is 0 Å². The third-order valence-corrected chi connectivity index (χ3v) is 19.8. The third-order valence-electron chi connectivity index (χ3n) is 16.7. The molecule has 0 N–H and O–H groups in total. The number of nitrogens with zero attached hydrogens (tertiary/aromatic N) is 2. The molecule has 2 atom stereocenters. The standard InChI is InChI=1S/C70H49N2OP/c1-69(2)57-30-14-12-27-52(57)53-40-38-49(44-62(53)69)71(64-42-37-48(46-21-6-3-7-22-46)43-56(64)47-23-8-4-9-24-47)50-39-41-60-67(45-50)74(73,51-25-10-5-11-26-51)66-36-19-16-32-59(66)70(60)58-31-15-18-35-65(58)72-63-34-17-13-28-54(63)55-29-20-33-61(70)68(55)72/h3-45H,1-2H3. The van der Waals surface area contributed by atoms with Gasteiger partial charge in [-0.1, -0.05) is 226 Å². The van der Waals surface area contributed by atoms with Gasteiger partial charge in [-0.25, -0.2) is 0 Å². The first kappa shape index (κ1) is 42.9. The average molecular weight is 965 g/mol.